The molecule has 0 spiro atoms. The first-order valence-electron chi connectivity index (χ1n) is 14.6. The van der Waals surface area contributed by atoms with Crippen molar-refractivity contribution in [2.45, 2.75) is 63.3 Å². The number of ether oxygens (including phenoxy) is 1. The van der Waals surface area contributed by atoms with E-state index in [1.807, 2.05) is 11.8 Å². The zero-order valence-electron chi connectivity index (χ0n) is 24.2. The second-order valence-electron chi connectivity index (χ2n) is 11.6. The number of alkyl carbamates (subject to hydrolysis) is 1. The number of aromatic nitrogens is 4. The maximum absolute atomic E-state index is 12.5. The van der Waals surface area contributed by atoms with Crippen molar-refractivity contribution < 1.29 is 14.6 Å². The lowest BCUT2D eigenvalue weighted by Gasteiger charge is -2.38. The Labute approximate surface area is 249 Å². The molecule has 1 aliphatic carbocycles. The van der Waals surface area contributed by atoms with Crippen LogP contribution in [-0.4, -0.2) is 93.2 Å². The molecule has 2 atom stereocenters. The van der Waals surface area contributed by atoms with Crippen molar-refractivity contribution in [3.05, 3.63) is 35.2 Å². The van der Waals surface area contributed by atoms with Gasteiger partial charge in [0.15, 0.2) is 17.2 Å². The summed E-state index contributed by atoms with van der Waals surface area (Å²) in [6.07, 6.45) is 4.22. The summed E-state index contributed by atoms with van der Waals surface area (Å²) in [5.41, 5.74) is 3.43. The number of anilines is 4. The van der Waals surface area contributed by atoms with Gasteiger partial charge in [-0.3, -0.25) is 0 Å². The van der Waals surface area contributed by atoms with E-state index in [9.17, 15) is 20.4 Å². The molecule has 3 aliphatic rings. The average Bonchev–Trinajstić information content (AvgIpc) is 3.72. The van der Waals surface area contributed by atoms with Crippen molar-refractivity contribution in [1.82, 2.24) is 29.8 Å². The van der Waals surface area contributed by atoms with Crippen LogP contribution in [0.2, 0.25) is 0 Å². The van der Waals surface area contributed by atoms with Crippen molar-refractivity contribution >= 4 is 34.9 Å². The Hall–Kier alpha value is -4.66. The van der Waals surface area contributed by atoms with Gasteiger partial charge < -0.3 is 35.6 Å². The van der Waals surface area contributed by atoms with Gasteiger partial charge in [-0.25, -0.2) is 9.78 Å². The summed E-state index contributed by atoms with van der Waals surface area (Å²) in [5.74, 6) is 0.781. The number of nitrogens with zero attached hydrogens (tertiary/aromatic N) is 8. The minimum atomic E-state index is -0.826. The summed E-state index contributed by atoms with van der Waals surface area (Å²) in [4.78, 5) is 25.7. The lowest BCUT2D eigenvalue weighted by Crippen LogP contribution is -2.54. The molecule has 2 saturated heterocycles. The maximum Gasteiger partial charge on any atom is 0.407 e. The molecule has 1 amide bonds. The van der Waals surface area contributed by atoms with Crippen molar-refractivity contribution in [1.29, 1.82) is 10.5 Å². The highest BCUT2D eigenvalue weighted by Gasteiger charge is 2.32. The Morgan fingerprint density at radius 1 is 1.12 bits per heavy atom. The van der Waals surface area contributed by atoms with Gasteiger partial charge in [0, 0.05) is 43.6 Å². The fourth-order valence-electron chi connectivity index (χ4n) is 5.63. The quantitative estimate of drug-likeness (QED) is 0.318. The summed E-state index contributed by atoms with van der Waals surface area (Å²) in [6.45, 7) is 4.53. The van der Waals surface area contributed by atoms with Crippen LogP contribution < -0.4 is 20.9 Å². The van der Waals surface area contributed by atoms with Crippen LogP contribution in [0, 0.1) is 29.6 Å². The lowest BCUT2D eigenvalue weighted by molar-refractivity contribution is 0.0459. The molecular formula is C29H35N11O3. The zero-order chi connectivity index (χ0) is 30.1. The number of nitrogens with one attached hydrogen (secondary N) is 3. The fourth-order valence-corrected chi connectivity index (χ4v) is 5.63. The van der Waals surface area contributed by atoms with E-state index >= 15 is 0 Å². The van der Waals surface area contributed by atoms with Crippen molar-refractivity contribution in [2.75, 3.05) is 48.8 Å². The first kappa shape index (κ1) is 28.5. The van der Waals surface area contributed by atoms with Gasteiger partial charge in [0.1, 0.15) is 12.2 Å². The summed E-state index contributed by atoms with van der Waals surface area (Å²) >= 11 is 0. The van der Waals surface area contributed by atoms with Crippen LogP contribution in [0.1, 0.15) is 48.9 Å². The number of carbonyl (C=O) groups excluding carboxylic acids is 1. The number of aliphatic hydroxyl groups excluding tert-OH is 1. The van der Waals surface area contributed by atoms with Gasteiger partial charge in [-0.05, 0) is 63.8 Å². The van der Waals surface area contributed by atoms with E-state index in [4.69, 9.17) is 4.74 Å². The number of hydrogen-bond acceptors (Lipinski definition) is 12. The molecule has 1 saturated carbocycles. The normalized spacial score (nSPS) is 21.2. The molecular weight excluding hydrogens is 550 g/mol. The van der Waals surface area contributed by atoms with Crippen molar-refractivity contribution in [3.8, 4) is 12.1 Å². The Bertz CT molecular complexity index is 1600. The first-order chi connectivity index (χ1) is 20.8. The smallest absolute Gasteiger partial charge is 0.407 e. The lowest BCUT2D eigenvalue weighted by atomic mass is 9.99. The third kappa shape index (κ3) is 6.26. The summed E-state index contributed by atoms with van der Waals surface area (Å²) < 4.78 is 7.06. The number of piperidine rings is 2. The number of amides is 1. The monoisotopic (exact) mass is 585 g/mol. The van der Waals surface area contributed by atoms with Crippen LogP contribution in [0.25, 0.3) is 5.65 Å². The topological polar surface area (TPSA) is 180 Å². The van der Waals surface area contributed by atoms with Gasteiger partial charge in [-0.2, -0.15) is 20.0 Å². The number of imidazole rings is 1. The molecule has 2 aliphatic heterocycles. The minimum Gasteiger partial charge on any atom is -0.446 e. The van der Waals surface area contributed by atoms with Gasteiger partial charge in [0.2, 0.25) is 5.95 Å². The van der Waals surface area contributed by atoms with Crippen LogP contribution >= 0.6 is 0 Å². The van der Waals surface area contributed by atoms with Crippen LogP contribution in [0.3, 0.4) is 0 Å². The van der Waals surface area contributed by atoms with E-state index < -0.39 is 18.2 Å². The highest BCUT2D eigenvalue weighted by atomic mass is 16.6. The van der Waals surface area contributed by atoms with Crippen LogP contribution in [0.15, 0.2) is 18.3 Å². The molecule has 0 unspecified atom stereocenters. The Kier molecular flexibility index (Phi) is 7.88. The average molecular weight is 586 g/mol. The van der Waals surface area contributed by atoms with E-state index in [2.05, 4.69) is 55.1 Å². The molecule has 14 heteroatoms. The number of carbonyl (C=O) groups is 1. The number of likely N-dealkylation sites (tertiary alicyclic amines) is 1. The number of hydrogen-bond donors (Lipinski definition) is 4. The van der Waals surface area contributed by atoms with Crippen molar-refractivity contribution in [3.63, 3.8) is 0 Å². The van der Waals surface area contributed by atoms with Gasteiger partial charge in [0.05, 0.1) is 30.0 Å². The third-order valence-electron chi connectivity index (χ3n) is 8.32. The molecule has 2 aromatic heterocycles. The molecule has 0 radical (unpaired) electrons. The number of rotatable bonds is 7. The third-order valence-corrected chi connectivity index (χ3v) is 8.32. The van der Waals surface area contributed by atoms with Gasteiger partial charge in [-0.1, -0.05) is 0 Å². The van der Waals surface area contributed by atoms with Crippen LogP contribution in [0.4, 0.5) is 27.9 Å². The predicted octanol–water partition coefficient (Wildman–Crippen LogP) is 2.25. The van der Waals surface area contributed by atoms with E-state index in [-0.39, 0.29) is 24.3 Å². The Morgan fingerprint density at radius 2 is 1.91 bits per heavy atom. The van der Waals surface area contributed by atoms with Gasteiger partial charge >= 0.3 is 6.09 Å². The number of fused-ring (bicyclic) bond motifs is 1. The minimum absolute atomic E-state index is 0.110. The highest BCUT2D eigenvalue weighted by molar-refractivity contribution is 5.74. The summed E-state index contributed by atoms with van der Waals surface area (Å²) in [7, 11) is 2.05. The molecule has 224 valence electrons. The van der Waals surface area contributed by atoms with E-state index in [1.54, 1.807) is 12.1 Å². The van der Waals surface area contributed by atoms with E-state index in [0.29, 0.717) is 41.7 Å². The summed E-state index contributed by atoms with van der Waals surface area (Å²) in [6, 6.07) is 7.72. The Balaban J connectivity index is 1.18. The van der Waals surface area contributed by atoms with Crippen LogP contribution in [0.5, 0.6) is 0 Å². The largest absolute Gasteiger partial charge is 0.446 e. The molecule has 3 fully saturated rings. The fraction of sp³-hybridized carbons (Fsp3) is 0.517. The first-order valence-corrected chi connectivity index (χ1v) is 14.6. The Morgan fingerprint density at radius 3 is 2.60 bits per heavy atom. The second-order valence-corrected chi connectivity index (χ2v) is 11.6. The SMILES string of the molecule is Cc1c(Nc2nc(NC3CC3)c3ncc(C#N)n3n2)cc(C#N)cc1N1CC[C@@H](NC(=O)OC2CCN(C)CC2)[C@H](O)C1. The van der Waals surface area contributed by atoms with Gasteiger partial charge in [0.25, 0.3) is 0 Å². The molecule has 0 bridgehead atoms. The standard InChI is InChI=1S/C29H35N11O3/c1-17-23(34-28-36-26(33-19-3-4-19)27-32-15-20(14-31)40(27)37-28)11-18(13-30)12-24(17)39-10-7-22(25(41)16-39)35-29(42)43-21-5-8-38(2)9-6-21/h11-12,15,19,21-22,25,41H,3-10,16H2,1-2H3,(H,35,42)(H2,33,34,36,37)/t22-,25-/m1/s1. The second kappa shape index (κ2) is 11.9. The molecule has 4 N–H and O–H groups in total. The highest BCUT2D eigenvalue weighted by Crippen LogP contribution is 2.33. The molecule has 3 aromatic rings. The van der Waals surface area contributed by atoms with E-state index in [1.165, 1.54) is 10.7 Å². The van der Waals surface area contributed by atoms with Crippen molar-refractivity contribution in [2.24, 2.45) is 0 Å². The molecule has 6 rings (SSSR count). The number of nitriles is 2. The molecule has 43 heavy (non-hydrogen) atoms. The summed E-state index contributed by atoms with van der Waals surface area (Å²) in [5, 5.41) is 44.3. The zero-order valence-corrected chi connectivity index (χ0v) is 24.2. The molecule has 1 aromatic carbocycles. The number of β-amino-alcohol motifs (C(OH)–C–C–N with tert-alkyl or cyclic N) is 1. The predicted molar refractivity (Wildman–Crippen MR) is 158 cm³/mol. The number of aliphatic hydroxyl groups is 1. The molecule has 4 heterocycles. The van der Waals surface area contributed by atoms with Gasteiger partial charge in [-0.15, -0.1) is 5.10 Å². The van der Waals surface area contributed by atoms with E-state index in [0.717, 1.165) is 50.0 Å². The maximum atomic E-state index is 12.5. The number of benzene rings is 1. The molecule has 14 nitrogen and oxygen atoms in total. The van der Waals surface area contributed by atoms with Crippen LogP contribution in [-0.2, 0) is 4.74 Å².